The van der Waals surface area contributed by atoms with Gasteiger partial charge in [-0.25, -0.2) is 4.79 Å². The van der Waals surface area contributed by atoms with Crippen molar-refractivity contribution in [2.75, 3.05) is 13.1 Å². The van der Waals surface area contributed by atoms with Crippen LogP contribution in [0.2, 0.25) is 0 Å². The first-order valence-electron chi connectivity index (χ1n) is 6.54. The van der Waals surface area contributed by atoms with Crippen LogP contribution >= 0.6 is 12.4 Å². The highest BCUT2D eigenvalue weighted by atomic mass is 35.5. The highest BCUT2D eigenvalue weighted by Gasteiger charge is 2.36. The van der Waals surface area contributed by atoms with Gasteiger partial charge in [-0.15, -0.1) is 12.4 Å². The van der Waals surface area contributed by atoms with Gasteiger partial charge in [-0.05, 0) is 36.7 Å². The van der Waals surface area contributed by atoms with Crippen LogP contribution in [0.25, 0.3) is 0 Å². The summed E-state index contributed by atoms with van der Waals surface area (Å²) in [6.45, 7) is 0.114. The first kappa shape index (κ1) is 22.3. The second-order valence-electron chi connectivity index (χ2n) is 4.67. The second kappa shape index (κ2) is 8.97. The maximum absolute atomic E-state index is 12.7. The van der Waals surface area contributed by atoms with E-state index in [4.69, 9.17) is 5.73 Å². The van der Waals surface area contributed by atoms with E-state index in [-0.39, 0.29) is 30.6 Å². The molecule has 11 heteroatoms. The molecule has 0 radical (unpaired) electrons. The van der Waals surface area contributed by atoms with Crippen molar-refractivity contribution in [3.05, 3.63) is 34.9 Å². The van der Waals surface area contributed by atoms with Crippen LogP contribution in [0.15, 0.2) is 18.2 Å². The van der Waals surface area contributed by atoms with E-state index in [1.807, 2.05) is 0 Å². The number of hydrogen-bond acceptors (Lipinski definition) is 2. The first-order chi connectivity index (χ1) is 10.5. The van der Waals surface area contributed by atoms with Gasteiger partial charge >= 0.3 is 18.4 Å². The maximum Gasteiger partial charge on any atom is 0.416 e. The smallest absolute Gasteiger partial charge is 0.338 e. The Morgan fingerprint density at radius 3 is 1.88 bits per heavy atom. The molecular weight excluding hydrogens is 364 g/mol. The Hall–Kier alpha value is -1.68. The minimum Gasteiger partial charge on any atom is -0.338 e. The average Bonchev–Trinajstić information content (AvgIpc) is 2.43. The largest absolute Gasteiger partial charge is 0.416 e. The fourth-order valence-electron chi connectivity index (χ4n) is 1.67. The summed E-state index contributed by atoms with van der Waals surface area (Å²) in [6.07, 6.45) is -9.34. The molecule has 4 nitrogen and oxygen atoms in total. The molecule has 0 heterocycles. The van der Waals surface area contributed by atoms with Crippen molar-refractivity contribution in [3.63, 3.8) is 0 Å². The summed E-state index contributed by atoms with van der Waals surface area (Å²) in [5, 5.41) is 4.56. The molecule has 0 saturated carbocycles. The molecule has 0 unspecified atom stereocenters. The predicted molar refractivity (Wildman–Crippen MR) is 77.6 cm³/mol. The quantitative estimate of drug-likeness (QED) is 0.543. The van der Waals surface area contributed by atoms with Gasteiger partial charge in [0.2, 0.25) is 0 Å². The molecule has 0 bridgehead atoms. The van der Waals surface area contributed by atoms with E-state index in [2.05, 4.69) is 10.6 Å². The van der Waals surface area contributed by atoms with Crippen LogP contribution in [0.3, 0.4) is 0 Å². The zero-order valence-corrected chi connectivity index (χ0v) is 13.0. The number of carbonyl (C=O) groups excluding carboxylic acids is 1. The van der Waals surface area contributed by atoms with Crippen molar-refractivity contribution in [3.8, 4) is 0 Å². The molecule has 0 fully saturated rings. The van der Waals surface area contributed by atoms with E-state index < -0.39 is 36.1 Å². The minimum atomic E-state index is -4.92. The zero-order valence-electron chi connectivity index (χ0n) is 12.2. The molecule has 0 saturated heterocycles. The third kappa shape index (κ3) is 7.26. The number of amides is 2. The van der Waals surface area contributed by atoms with Gasteiger partial charge in [0.05, 0.1) is 11.1 Å². The molecule has 2 amide bonds. The lowest BCUT2D eigenvalue weighted by atomic mass is 10.0. The summed E-state index contributed by atoms with van der Waals surface area (Å²) in [7, 11) is 0. The van der Waals surface area contributed by atoms with Crippen LogP contribution in [0, 0.1) is 0 Å². The van der Waals surface area contributed by atoms with Crippen molar-refractivity contribution in [1.82, 2.24) is 10.6 Å². The van der Waals surface area contributed by atoms with Crippen LogP contribution in [0.5, 0.6) is 0 Å². The Morgan fingerprint density at radius 2 is 1.46 bits per heavy atom. The van der Waals surface area contributed by atoms with E-state index in [0.717, 1.165) is 0 Å². The Bertz CT molecular complexity index is 515. The van der Waals surface area contributed by atoms with Gasteiger partial charge in [0.1, 0.15) is 0 Å². The number of alkyl halides is 6. The molecule has 0 aliphatic rings. The van der Waals surface area contributed by atoms with Crippen LogP contribution in [0.1, 0.15) is 23.1 Å². The molecule has 1 aromatic carbocycles. The van der Waals surface area contributed by atoms with Gasteiger partial charge in [0.25, 0.3) is 0 Å². The van der Waals surface area contributed by atoms with Crippen LogP contribution in [-0.4, -0.2) is 19.1 Å². The first-order valence-corrected chi connectivity index (χ1v) is 6.54. The molecule has 1 rings (SSSR count). The summed E-state index contributed by atoms with van der Waals surface area (Å²) in [4.78, 5) is 11.3. The number of urea groups is 1. The summed E-state index contributed by atoms with van der Waals surface area (Å²) < 4.78 is 76.0. The Balaban J connectivity index is 0.00000529. The van der Waals surface area contributed by atoms with E-state index in [0.29, 0.717) is 25.1 Å². The lowest BCUT2D eigenvalue weighted by Gasteiger charge is -2.14. The Morgan fingerprint density at radius 1 is 0.958 bits per heavy atom. The standard InChI is InChI=1S/C13H15F6N3O.ClH/c14-12(15,16)9-4-8(5-10(6-9)13(17,18)19)7-22-11(23)21-3-1-2-20;/h4-6H,1-3,7,20H2,(H2,21,22,23);1H. The summed E-state index contributed by atoms with van der Waals surface area (Å²) in [6, 6.07) is 0.458. The molecule has 24 heavy (non-hydrogen) atoms. The number of benzene rings is 1. The van der Waals surface area contributed by atoms with Gasteiger partial charge < -0.3 is 16.4 Å². The number of hydrogen-bond donors (Lipinski definition) is 3. The zero-order chi connectivity index (χ0) is 17.7. The highest BCUT2D eigenvalue weighted by molar-refractivity contribution is 5.85. The van der Waals surface area contributed by atoms with Crippen LogP contribution in [0.4, 0.5) is 31.1 Å². The van der Waals surface area contributed by atoms with E-state index in [1.165, 1.54) is 0 Å². The molecule has 138 valence electrons. The third-order valence-corrected chi connectivity index (χ3v) is 2.77. The highest BCUT2D eigenvalue weighted by Crippen LogP contribution is 2.36. The molecule has 4 N–H and O–H groups in total. The van der Waals surface area contributed by atoms with Crippen molar-refractivity contribution in [2.24, 2.45) is 5.73 Å². The molecule has 0 aliphatic carbocycles. The van der Waals surface area contributed by atoms with Crippen molar-refractivity contribution in [1.29, 1.82) is 0 Å². The lowest BCUT2D eigenvalue weighted by molar-refractivity contribution is -0.143. The van der Waals surface area contributed by atoms with E-state index in [9.17, 15) is 31.1 Å². The van der Waals surface area contributed by atoms with Crippen LogP contribution < -0.4 is 16.4 Å². The second-order valence-corrected chi connectivity index (χ2v) is 4.67. The van der Waals surface area contributed by atoms with Crippen molar-refractivity contribution in [2.45, 2.75) is 25.3 Å². The fourth-order valence-corrected chi connectivity index (χ4v) is 1.67. The van der Waals surface area contributed by atoms with Crippen LogP contribution in [-0.2, 0) is 18.9 Å². The SMILES string of the molecule is Cl.NCCCNC(=O)NCc1cc(C(F)(F)F)cc(C(F)(F)F)c1. The van der Waals surface area contributed by atoms with Gasteiger partial charge in [-0.1, -0.05) is 0 Å². The number of halogens is 7. The van der Waals surface area contributed by atoms with E-state index in [1.54, 1.807) is 0 Å². The molecular formula is C13H16ClF6N3O. The molecule has 1 aromatic rings. The number of rotatable bonds is 5. The van der Waals surface area contributed by atoms with Gasteiger partial charge in [-0.2, -0.15) is 26.3 Å². The molecule has 0 aromatic heterocycles. The Kier molecular flexibility index (Phi) is 8.35. The maximum atomic E-state index is 12.7. The fraction of sp³-hybridized carbons (Fsp3) is 0.462. The molecule has 0 aliphatic heterocycles. The molecule has 0 spiro atoms. The predicted octanol–water partition coefficient (Wildman–Crippen LogP) is 3.29. The van der Waals surface area contributed by atoms with Gasteiger partial charge in [-0.3, -0.25) is 0 Å². The Labute approximate surface area is 140 Å². The molecule has 0 atom stereocenters. The summed E-state index contributed by atoms with van der Waals surface area (Å²) in [5.74, 6) is 0. The minimum absolute atomic E-state index is 0. The summed E-state index contributed by atoms with van der Waals surface area (Å²) >= 11 is 0. The average molecular weight is 380 g/mol. The number of carbonyl (C=O) groups is 1. The van der Waals surface area contributed by atoms with E-state index >= 15 is 0 Å². The topological polar surface area (TPSA) is 67.1 Å². The lowest BCUT2D eigenvalue weighted by Crippen LogP contribution is -2.36. The monoisotopic (exact) mass is 379 g/mol. The van der Waals surface area contributed by atoms with Crippen molar-refractivity contribution < 1.29 is 31.1 Å². The summed E-state index contributed by atoms with van der Waals surface area (Å²) in [5.41, 5.74) is 2.06. The normalized spacial score (nSPS) is 11.6. The van der Waals surface area contributed by atoms with Gasteiger partial charge in [0, 0.05) is 13.1 Å². The number of nitrogens with two attached hydrogens (primary N) is 1. The van der Waals surface area contributed by atoms with Crippen molar-refractivity contribution >= 4 is 18.4 Å². The third-order valence-electron chi connectivity index (χ3n) is 2.77. The van der Waals surface area contributed by atoms with Gasteiger partial charge in [0.15, 0.2) is 0 Å². The number of nitrogens with one attached hydrogen (secondary N) is 2.